The number of urea groups is 1. The summed E-state index contributed by atoms with van der Waals surface area (Å²) in [6.45, 7) is 5.28. The highest BCUT2D eigenvalue weighted by atomic mass is 19.1. The first-order chi connectivity index (χ1) is 21.8. The van der Waals surface area contributed by atoms with Gasteiger partial charge in [-0.15, -0.1) is 0 Å². The third kappa shape index (κ3) is 8.20. The van der Waals surface area contributed by atoms with Crippen molar-refractivity contribution in [3.05, 3.63) is 47.5 Å². The maximum atomic E-state index is 13.9. The Hall–Kier alpha value is -3.53. The van der Waals surface area contributed by atoms with E-state index in [1.165, 1.54) is 19.3 Å². The molecule has 2 atom stereocenters. The van der Waals surface area contributed by atoms with Crippen molar-refractivity contribution in [1.82, 2.24) is 14.7 Å². The Morgan fingerprint density at radius 2 is 1.80 bits per heavy atom. The molecule has 1 aliphatic carbocycles. The predicted molar refractivity (Wildman–Crippen MR) is 173 cm³/mol. The lowest BCUT2D eigenvalue weighted by atomic mass is 10.0. The van der Waals surface area contributed by atoms with Crippen molar-refractivity contribution in [2.45, 2.75) is 70.5 Å². The number of likely N-dealkylation sites (N-methyl/N-ethyl adjacent to an activating group) is 1. The smallest absolute Gasteiger partial charge is 0.325 e. The number of nitrogens with zero attached hydrogens (tertiary/aromatic N) is 4. The maximum Gasteiger partial charge on any atom is 0.325 e. The molecule has 246 valence electrons. The first kappa shape index (κ1) is 32.9. The molecule has 2 heterocycles. The molecule has 5 rings (SSSR count). The van der Waals surface area contributed by atoms with Crippen molar-refractivity contribution >= 4 is 17.6 Å². The number of ether oxygens (including phenoxy) is 3. The average molecular weight is 625 g/mol. The zero-order valence-electron chi connectivity index (χ0n) is 27.3. The van der Waals surface area contributed by atoms with E-state index in [0.29, 0.717) is 50.0 Å². The molecular weight excluding hydrogens is 575 g/mol. The van der Waals surface area contributed by atoms with Crippen molar-refractivity contribution in [2.24, 2.45) is 5.92 Å². The number of halogens is 1. The standard InChI is InChI=1S/C35H49FN4O5/c1-25-13-17-39(29-11-12-31(43-3)33(22-29)45-19-5-6-26-7-8-26)35(42)40(25)23-28-10-9-27(20-32(28)44-4)21-34(41)37(2)30-14-16-38(24-30)18-15-36/h9-12,20,22,25-26,30H,5-8,13-19,21,23-24H2,1-4H3/t25-,30-/m0/s1. The number of anilines is 1. The van der Waals surface area contributed by atoms with Crippen molar-refractivity contribution in [3.63, 3.8) is 0 Å². The number of carbonyl (C=O) groups is 2. The van der Waals surface area contributed by atoms with E-state index in [4.69, 9.17) is 14.2 Å². The molecule has 0 bridgehead atoms. The largest absolute Gasteiger partial charge is 0.496 e. The maximum absolute atomic E-state index is 13.9. The average Bonchev–Trinajstić information content (AvgIpc) is 3.76. The van der Waals surface area contributed by atoms with E-state index in [2.05, 4.69) is 11.8 Å². The second-order valence-electron chi connectivity index (χ2n) is 12.7. The van der Waals surface area contributed by atoms with Crippen LogP contribution in [0.3, 0.4) is 0 Å². The molecule has 0 N–H and O–H groups in total. The molecular formula is C35H49FN4O5. The van der Waals surface area contributed by atoms with Crippen molar-refractivity contribution in [3.8, 4) is 17.2 Å². The fourth-order valence-electron chi connectivity index (χ4n) is 6.45. The molecule has 1 saturated carbocycles. The SMILES string of the molecule is COc1cc(CC(=O)N(C)[C@H]2CCN(CCF)C2)ccc1CN1C(=O)N(c2ccc(OC)c(OCCCC3CC3)c2)CC[C@@H]1C. The van der Waals surface area contributed by atoms with Crippen LogP contribution in [0.4, 0.5) is 14.9 Å². The van der Waals surface area contributed by atoms with Crippen LogP contribution < -0.4 is 19.1 Å². The highest BCUT2D eigenvalue weighted by molar-refractivity contribution is 5.93. The molecule has 3 fully saturated rings. The third-order valence-electron chi connectivity index (χ3n) is 9.59. The molecule has 2 aromatic rings. The lowest BCUT2D eigenvalue weighted by molar-refractivity contribution is -0.131. The first-order valence-corrected chi connectivity index (χ1v) is 16.4. The molecule has 10 heteroatoms. The van der Waals surface area contributed by atoms with Gasteiger partial charge in [0.1, 0.15) is 12.4 Å². The van der Waals surface area contributed by atoms with Gasteiger partial charge in [0.05, 0.1) is 33.8 Å². The summed E-state index contributed by atoms with van der Waals surface area (Å²) in [4.78, 5) is 34.5. The summed E-state index contributed by atoms with van der Waals surface area (Å²) in [6, 6.07) is 11.6. The number of hydrogen-bond donors (Lipinski definition) is 0. The molecule has 2 aromatic carbocycles. The first-order valence-electron chi connectivity index (χ1n) is 16.4. The number of hydrogen-bond acceptors (Lipinski definition) is 6. The fourth-order valence-corrected chi connectivity index (χ4v) is 6.45. The highest BCUT2D eigenvalue weighted by Gasteiger charge is 2.33. The minimum Gasteiger partial charge on any atom is -0.496 e. The van der Waals surface area contributed by atoms with Gasteiger partial charge in [-0.2, -0.15) is 0 Å². The van der Waals surface area contributed by atoms with Crippen LogP contribution in [0.15, 0.2) is 36.4 Å². The van der Waals surface area contributed by atoms with Gasteiger partial charge in [0.2, 0.25) is 5.91 Å². The van der Waals surface area contributed by atoms with Crippen LogP contribution in [-0.2, 0) is 17.8 Å². The zero-order valence-corrected chi connectivity index (χ0v) is 27.3. The number of methoxy groups -OCH3 is 2. The summed E-state index contributed by atoms with van der Waals surface area (Å²) in [7, 11) is 5.08. The highest BCUT2D eigenvalue weighted by Crippen LogP contribution is 2.36. The van der Waals surface area contributed by atoms with Crippen LogP contribution in [0.25, 0.3) is 0 Å². The second kappa shape index (κ2) is 15.2. The lowest BCUT2D eigenvalue weighted by Gasteiger charge is -2.40. The quantitative estimate of drug-likeness (QED) is 0.243. The summed E-state index contributed by atoms with van der Waals surface area (Å²) < 4.78 is 30.2. The number of benzene rings is 2. The van der Waals surface area contributed by atoms with Crippen molar-refractivity contribution in [2.75, 3.05) is 65.6 Å². The summed E-state index contributed by atoms with van der Waals surface area (Å²) >= 11 is 0. The van der Waals surface area contributed by atoms with Gasteiger partial charge in [-0.05, 0) is 62.3 Å². The van der Waals surface area contributed by atoms with Crippen molar-refractivity contribution < 1.29 is 28.2 Å². The van der Waals surface area contributed by atoms with Gasteiger partial charge in [0, 0.05) is 62.6 Å². The van der Waals surface area contributed by atoms with Crippen LogP contribution in [0.5, 0.6) is 17.2 Å². The van der Waals surface area contributed by atoms with Gasteiger partial charge < -0.3 is 24.0 Å². The van der Waals surface area contributed by atoms with Gasteiger partial charge in [0.15, 0.2) is 11.5 Å². The van der Waals surface area contributed by atoms with E-state index < -0.39 is 0 Å². The Labute approximate surface area is 267 Å². The molecule has 9 nitrogen and oxygen atoms in total. The van der Waals surface area contributed by atoms with Crippen LogP contribution in [0.2, 0.25) is 0 Å². The van der Waals surface area contributed by atoms with Gasteiger partial charge in [-0.25, -0.2) is 9.18 Å². The summed E-state index contributed by atoms with van der Waals surface area (Å²) in [5, 5.41) is 0. The van der Waals surface area contributed by atoms with Crippen molar-refractivity contribution in [1.29, 1.82) is 0 Å². The Bertz CT molecular complexity index is 1320. The third-order valence-corrected chi connectivity index (χ3v) is 9.59. The number of rotatable bonds is 15. The number of likely N-dealkylation sites (tertiary alicyclic amines) is 1. The number of carbonyl (C=O) groups excluding carboxylic acids is 2. The Balaban J connectivity index is 1.23. The van der Waals surface area contributed by atoms with Crippen LogP contribution in [0, 0.1) is 5.92 Å². The lowest BCUT2D eigenvalue weighted by Crippen LogP contribution is -2.53. The molecule has 0 unspecified atom stereocenters. The number of amides is 3. The van der Waals surface area contributed by atoms with E-state index >= 15 is 0 Å². The Kier molecular flexibility index (Phi) is 11.1. The number of alkyl halides is 1. The van der Waals surface area contributed by atoms with E-state index in [9.17, 15) is 14.0 Å². The molecule has 0 radical (unpaired) electrons. The molecule has 3 aliphatic rings. The molecule has 45 heavy (non-hydrogen) atoms. The Morgan fingerprint density at radius 1 is 1.00 bits per heavy atom. The van der Waals surface area contributed by atoms with E-state index in [-0.39, 0.29) is 37.1 Å². The normalized spacial score (nSPS) is 20.4. The Morgan fingerprint density at radius 3 is 2.53 bits per heavy atom. The van der Waals surface area contributed by atoms with E-state index in [0.717, 1.165) is 48.5 Å². The fraction of sp³-hybridized carbons (Fsp3) is 0.600. The summed E-state index contributed by atoms with van der Waals surface area (Å²) in [5.41, 5.74) is 2.53. The predicted octanol–water partition coefficient (Wildman–Crippen LogP) is 5.54. The van der Waals surface area contributed by atoms with Gasteiger partial charge in [0.25, 0.3) is 0 Å². The van der Waals surface area contributed by atoms with E-state index in [1.807, 2.05) is 53.2 Å². The van der Waals surface area contributed by atoms with Gasteiger partial charge in [-0.1, -0.05) is 25.0 Å². The monoisotopic (exact) mass is 624 g/mol. The molecule has 2 aliphatic heterocycles. The molecule has 0 spiro atoms. The zero-order chi connectivity index (χ0) is 31.9. The van der Waals surface area contributed by atoms with Crippen LogP contribution in [-0.4, -0.2) is 99.4 Å². The van der Waals surface area contributed by atoms with Gasteiger partial charge in [-0.3, -0.25) is 14.6 Å². The van der Waals surface area contributed by atoms with Gasteiger partial charge >= 0.3 is 6.03 Å². The minimum atomic E-state index is -0.367. The molecule has 3 amide bonds. The molecule has 2 saturated heterocycles. The topological polar surface area (TPSA) is 74.8 Å². The minimum absolute atomic E-state index is 0.0260. The summed E-state index contributed by atoms with van der Waals surface area (Å²) in [5.74, 6) is 2.87. The summed E-state index contributed by atoms with van der Waals surface area (Å²) in [6.07, 6.45) is 6.80. The van der Waals surface area contributed by atoms with E-state index in [1.54, 1.807) is 19.1 Å². The van der Waals surface area contributed by atoms with Crippen LogP contribution in [0.1, 0.15) is 56.6 Å². The van der Waals surface area contributed by atoms with Crippen LogP contribution >= 0.6 is 0 Å². The molecule has 0 aromatic heterocycles. The second-order valence-corrected chi connectivity index (χ2v) is 12.7.